The number of methoxy groups -OCH3 is 1. The van der Waals surface area contributed by atoms with E-state index < -0.39 is 5.97 Å². The number of rotatable bonds is 3. The molecule has 0 bridgehead atoms. The van der Waals surface area contributed by atoms with Crippen molar-refractivity contribution in [1.29, 1.82) is 0 Å². The number of nitrogens with zero attached hydrogens (tertiary/aromatic N) is 1. The van der Waals surface area contributed by atoms with Crippen molar-refractivity contribution in [1.82, 2.24) is 10.3 Å². The highest BCUT2D eigenvalue weighted by atomic mass is 16.5. The lowest BCUT2D eigenvalue weighted by atomic mass is 10.1. The van der Waals surface area contributed by atoms with Crippen molar-refractivity contribution < 1.29 is 14.3 Å². The molecule has 17 heavy (non-hydrogen) atoms. The van der Waals surface area contributed by atoms with Crippen molar-refractivity contribution in [3.05, 3.63) is 23.9 Å². The summed E-state index contributed by atoms with van der Waals surface area (Å²) in [6, 6.07) is 3.35. The molecule has 92 valence electrons. The number of esters is 1. The molecule has 0 unspecified atom stereocenters. The zero-order valence-corrected chi connectivity index (χ0v) is 9.81. The fourth-order valence-electron chi connectivity index (χ4n) is 1.83. The Bertz CT molecular complexity index is 389. The van der Waals surface area contributed by atoms with Crippen LogP contribution in [-0.2, 0) is 4.74 Å². The molecule has 1 aliphatic rings. The smallest absolute Gasteiger partial charge is 0.343 e. The molecule has 1 aromatic rings. The van der Waals surface area contributed by atoms with Gasteiger partial charge >= 0.3 is 5.97 Å². The molecular formula is C12H16N2O3. The molecule has 5 nitrogen and oxygen atoms in total. The zero-order chi connectivity index (χ0) is 12.1. The predicted octanol–water partition coefficient (Wildman–Crippen LogP) is 0.999. The molecule has 0 spiro atoms. The number of piperidine rings is 1. The van der Waals surface area contributed by atoms with Crippen LogP contribution in [0.5, 0.6) is 5.88 Å². The fraction of sp³-hybridized carbons (Fsp3) is 0.500. The van der Waals surface area contributed by atoms with Gasteiger partial charge in [0.05, 0.1) is 7.11 Å². The summed E-state index contributed by atoms with van der Waals surface area (Å²) in [5.74, 6) is -0.0649. The molecule has 1 aromatic heterocycles. The number of nitrogens with one attached hydrogen (secondary N) is 1. The minimum Gasteiger partial charge on any atom is -0.472 e. The number of pyridine rings is 1. The van der Waals surface area contributed by atoms with E-state index in [0.29, 0.717) is 11.4 Å². The third-order valence-corrected chi connectivity index (χ3v) is 2.71. The maximum absolute atomic E-state index is 11.5. The molecular weight excluding hydrogens is 220 g/mol. The van der Waals surface area contributed by atoms with Crippen LogP contribution in [0.3, 0.4) is 0 Å². The van der Waals surface area contributed by atoms with Gasteiger partial charge in [-0.3, -0.25) is 0 Å². The third kappa shape index (κ3) is 2.94. The first kappa shape index (κ1) is 11.9. The summed E-state index contributed by atoms with van der Waals surface area (Å²) in [5.41, 5.74) is 0.376. The average Bonchev–Trinajstić information content (AvgIpc) is 2.40. The monoisotopic (exact) mass is 236 g/mol. The standard InChI is InChI=1S/C12H16N2O3/c1-16-12(15)10-5-3-7-14-11(10)17-9-4-2-6-13-8-9/h3,5,7,9,13H,2,4,6,8H2,1H3/t9-/m0/s1. The van der Waals surface area contributed by atoms with Crippen LogP contribution in [0.15, 0.2) is 18.3 Å². The highest BCUT2D eigenvalue weighted by Crippen LogP contribution is 2.18. The fourth-order valence-corrected chi connectivity index (χ4v) is 1.83. The Morgan fingerprint density at radius 3 is 3.18 bits per heavy atom. The summed E-state index contributed by atoms with van der Waals surface area (Å²) >= 11 is 0. The lowest BCUT2D eigenvalue weighted by Crippen LogP contribution is -2.37. The third-order valence-electron chi connectivity index (χ3n) is 2.71. The molecule has 1 fully saturated rings. The summed E-state index contributed by atoms with van der Waals surface area (Å²) < 4.78 is 10.4. The zero-order valence-electron chi connectivity index (χ0n) is 9.81. The highest BCUT2D eigenvalue weighted by Gasteiger charge is 2.19. The summed E-state index contributed by atoms with van der Waals surface area (Å²) in [4.78, 5) is 15.6. The van der Waals surface area contributed by atoms with Gasteiger partial charge < -0.3 is 14.8 Å². The molecule has 5 heteroatoms. The van der Waals surface area contributed by atoms with Crippen molar-refractivity contribution >= 4 is 5.97 Å². The molecule has 0 amide bonds. The summed E-state index contributed by atoms with van der Waals surface area (Å²) in [6.45, 7) is 1.81. The number of hydrogen-bond acceptors (Lipinski definition) is 5. The Hall–Kier alpha value is -1.62. The lowest BCUT2D eigenvalue weighted by Gasteiger charge is -2.23. The van der Waals surface area contributed by atoms with Crippen LogP contribution < -0.4 is 10.1 Å². The Morgan fingerprint density at radius 2 is 2.47 bits per heavy atom. The van der Waals surface area contributed by atoms with Crippen molar-refractivity contribution in [2.24, 2.45) is 0 Å². The van der Waals surface area contributed by atoms with Gasteiger partial charge in [0.2, 0.25) is 5.88 Å². The van der Waals surface area contributed by atoms with Gasteiger partial charge in [0.1, 0.15) is 11.7 Å². The molecule has 2 rings (SSSR count). The maximum atomic E-state index is 11.5. The second-order valence-corrected chi connectivity index (χ2v) is 3.93. The van der Waals surface area contributed by atoms with Crippen LogP contribution >= 0.6 is 0 Å². The van der Waals surface area contributed by atoms with Crippen LogP contribution in [0.25, 0.3) is 0 Å². The first-order chi connectivity index (χ1) is 8.31. The van der Waals surface area contributed by atoms with Crippen molar-refractivity contribution in [3.8, 4) is 5.88 Å². The molecule has 2 heterocycles. The summed E-state index contributed by atoms with van der Waals surface area (Å²) in [7, 11) is 1.35. The normalized spacial score (nSPS) is 19.7. The van der Waals surface area contributed by atoms with E-state index in [9.17, 15) is 4.79 Å². The first-order valence-corrected chi connectivity index (χ1v) is 5.72. The number of hydrogen-bond donors (Lipinski definition) is 1. The number of carbonyl (C=O) groups is 1. The second kappa shape index (κ2) is 5.63. The summed E-state index contributed by atoms with van der Waals surface area (Å²) in [6.07, 6.45) is 3.73. The van der Waals surface area contributed by atoms with Crippen molar-refractivity contribution in [3.63, 3.8) is 0 Å². The van der Waals surface area contributed by atoms with Gasteiger partial charge in [0, 0.05) is 12.7 Å². The molecule has 0 aromatic carbocycles. The molecule has 1 N–H and O–H groups in total. The summed E-state index contributed by atoms with van der Waals surface area (Å²) in [5, 5.41) is 3.25. The topological polar surface area (TPSA) is 60.5 Å². The van der Waals surface area contributed by atoms with E-state index in [2.05, 4.69) is 10.3 Å². The molecule has 1 saturated heterocycles. The largest absolute Gasteiger partial charge is 0.472 e. The van der Waals surface area contributed by atoms with E-state index in [-0.39, 0.29) is 6.10 Å². The molecule has 0 radical (unpaired) electrons. The predicted molar refractivity (Wildman–Crippen MR) is 62.1 cm³/mol. The van der Waals surface area contributed by atoms with Gasteiger partial charge in [-0.2, -0.15) is 0 Å². The van der Waals surface area contributed by atoms with E-state index in [1.807, 2.05) is 0 Å². The van der Waals surface area contributed by atoms with E-state index in [4.69, 9.17) is 9.47 Å². The molecule has 1 atom stereocenters. The van der Waals surface area contributed by atoms with Gasteiger partial charge in [-0.1, -0.05) is 0 Å². The Balaban J connectivity index is 2.11. The highest BCUT2D eigenvalue weighted by molar-refractivity contribution is 5.91. The number of carbonyl (C=O) groups excluding carboxylic acids is 1. The minimum atomic E-state index is -0.420. The molecule has 1 aliphatic heterocycles. The van der Waals surface area contributed by atoms with Crippen LogP contribution in [0.1, 0.15) is 23.2 Å². The lowest BCUT2D eigenvalue weighted by molar-refractivity contribution is 0.0589. The van der Waals surface area contributed by atoms with Crippen molar-refractivity contribution in [2.45, 2.75) is 18.9 Å². The van der Waals surface area contributed by atoms with Crippen molar-refractivity contribution in [2.75, 3.05) is 20.2 Å². The number of ether oxygens (including phenoxy) is 2. The van der Waals surface area contributed by atoms with Crippen LogP contribution in [0.2, 0.25) is 0 Å². The quantitative estimate of drug-likeness (QED) is 0.793. The van der Waals surface area contributed by atoms with Crippen LogP contribution in [0, 0.1) is 0 Å². The van der Waals surface area contributed by atoms with Gasteiger partial charge in [0.25, 0.3) is 0 Å². The van der Waals surface area contributed by atoms with Gasteiger partial charge in [-0.05, 0) is 31.5 Å². The SMILES string of the molecule is COC(=O)c1cccnc1O[C@H]1CCCNC1. The molecule has 0 saturated carbocycles. The van der Waals surface area contributed by atoms with E-state index >= 15 is 0 Å². The second-order valence-electron chi connectivity index (χ2n) is 3.93. The average molecular weight is 236 g/mol. The first-order valence-electron chi connectivity index (χ1n) is 5.72. The Morgan fingerprint density at radius 1 is 1.59 bits per heavy atom. The minimum absolute atomic E-state index is 0.0713. The van der Waals surface area contributed by atoms with Crippen LogP contribution in [-0.4, -0.2) is 37.3 Å². The van der Waals surface area contributed by atoms with E-state index in [0.717, 1.165) is 25.9 Å². The number of aromatic nitrogens is 1. The Kier molecular flexibility index (Phi) is 3.93. The van der Waals surface area contributed by atoms with Gasteiger partial charge in [-0.15, -0.1) is 0 Å². The van der Waals surface area contributed by atoms with E-state index in [1.165, 1.54) is 7.11 Å². The van der Waals surface area contributed by atoms with Gasteiger partial charge in [-0.25, -0.2) is 9.78 Å². The Labute approximate surface area is 100 Å². The van der Waals surface area contributed by atoms with Gasteiger partial charge in [0.15, 0.2) is 0 Å². The maximum Gasteiger partial charge on any atom is 0.343 e. The molecule has 0 aliphatic carbocycles. The van der Waals surface area contributed by atoms with Crippen LogP contribution in [0.4, 0.5) is 0 Å². The van der Waals surface area contributed by atoms with E-state index in [1.54, 1.807) is 18.3 Å².